The summed E-state index contributed by atoms with van der Waals surface area (Å²) in [6.45, 7) is 1.09. The maximum absolute atomic E-state index is 12.5. The third-order valence-corrected chi connectivity index (χ3v) is 4.66. The van der Waals surface area contributed by atoms with E-state index in [0.29, 0.717) is 24.6 Å². The van der Waals surface area contributed by atoms with Crippen LogP contribution in [0.2, 0.25) is 0 Å². The molecule has 2 heterocycles. The first-order chi connectivity index (χ1) is 12.0. The molecule has 2 N–H and O–H groups in total. The van der Waals surface area contributed by atoms with Crippen LogP contribution in [0, 0.1) is 5.92 Å². The Hall–Kier alpha value is -2.77. The number of amides is 3. The van der Waals surface area contributed by atoms with Gasteiger partial charge in [0.1, 0.15) is 5.92 Å². The fourth-order valence-corrected chi connectivity index (χ4v) is 3.20. The number of hydrogen-bond donors (Lipinski definition) is 2. The second kappa shape index (κ2) is 7.00. The molecule has 1 aromatic rings. The number of nitrogens with one attached hydrogen (secondary N) is 2. The standard InChI is InChI=1S/C17H21N3O5/c1-24-13-7-10-5-6-20(9-11(10)8-14(13)25-2)15(21)4-3-12-16(22)18-19-17(12)23/h7-8,12H,3-6,9H2,1-2H3,(H,18,22)(H,19,23). The van der Waals surface area contributed by atoms with Crippen molar-refractivity contribution >= 4 is 17.7 Å². The van der Waals surface area contributed by atoms with Crippen LogP contribution in [-0.2, 0) is 27.3 Å². The van der Waals surface area contributed by atoms with Crippen LogP contribution in [0.4, 0.5) is 0 Å². The molecule has 134 valence electrons. The highest BCUT2D eigenvalue weighted by molar-refractivity contribution is 6.05. The Morgan fingerprint density at radius 2 is 1.72 bits per heavy atom. The summed E-state index contributed by atoms with van der Waals surface area (Å²) in [5.41, 5.74) is 6.70. The molecule has 1 fully saturated rings. The Morgan fingerprint density at radius 1 is 1.12 bits per heavy atom. The van der Waals surface area contributed by atoms with Crippen molar-refractivity contribution in [2.45, 2.75) is 25.8 Å². The Bertz CT molecular complexity index is 702. The van der Waals surface area contributed by atoms with E-state index in [9.17, 15) is 14.4 Å². The number of carbonyl (C=O) groups excluding carboxylic acids is 3. The summed E-state index contributed by atoms with van der Waals surface area (Å²) in [5.74, 6) is -0.287. The first kappa shape index (κ1) is 17.1. The van der Waals surface area contributed by atoms with Crippen molar-refractivity contribution < 1.29 is 23.9 Å². The average molecular weight is 347 g/mol. The van der Waals surface area contributed by atoms with Gasteiger partial charge in [0.15, 0.2) is 11.5 Å². The molecule has 1 aromatic carbocycles. The lowest BCUT2D eigenvalue weighted by atomic mass is 9.97. The number of hydrazine groups is 1. The van der Waals surface area contributed by atoms with Crippen molar-refractivity contribution in [1.29, 1.82) is 0 Å². The molecule has 2 aliphatic heterocycles. The molecule has 0 spiro atoms. The van der Waals surface area contributed by atoms with Crippen LogP contribution in [0.3, 0.4) is 0 Å². The number of methoxy groups -OCH3 is 2. The molecule has 0 radical (unpaired) electrons. The number of ether oxygens (including phenoxy) is 2. The fraction of sp³-hybridized carbons (Fsp3) is 0.471. The first-order valence-electron chi connectivity index (χ1n) is 8.14. The highest BCUT2D eigenvalue weighted by Gasteiger charge is 2.33. The zero-order chi connectivity index (χ0) is 18.0. The van der Waals surface area contributed by atoms with Gasteiger partial charge in [0.05, 0.1) is 14.2 Å². The Morgan fingerprint density at radius 3 is 2.32 bits per heavy atom. The van der Waals surface area contributed by atoms with Crippen molar-refractivity contribution in [3.63, 3.8) is 0 Å². The predicted octanol–water partition coefficient (Wildman–Crippen LogP) is 0.146. The molecule has 25 heavy (non-hydrogen) atoms. The molecular weight excluding hydrogens is 326 g/mol. The molecule has 3 amide bonds. The Labute approximate surface area is 145 Å². The number of carbonyl (C=O) groups is 3. The molecule has 8 nitrogen and oxygen atoms in total. The van der Waals surface area contributed by atoms with Gasteiger partial charge in [0.25, 0.3) is 11.8 Å². The van der Waals surface area contributed by atoms with E-state index in [-0.39, 0.29) is 30.6 Å². The van der Waals surface area contributed by atoms with Gasteiger partial charge in [0.2, 0.25) is 5.91 Å². The smallest absolute Gasteiger partial charge is 0.251 e. The molecule has 2 aliphatic rings. The van der Waals surface area contributed by atoms with Gasteiger partial charge in [-0.25, -0.2) is 0 Å². The molecule has 0 saturated carbocycles. The van der Waals surface area contributed by atoms with E-state index < -0.39 is 5.92 Å². The molecule has 0 bridgehead atoms. The third kappa shape index (κ3) is 3.38. The van der Waals surface area contributed by atoms with Crippen LogP contribution in [0.5, 0.6) is 11.5 Å². The summed E-state index contributed by atoms with van der Waals surface area (Å²) in [7, 11) is 3.17. The zero-order valence-electron chi connectivity index (χ0n) is 14.3. The van der Waals surface area contributed by atoms with Gasteiger partial charge in [-0.2, -0.15) is 0 Å². The van der Waals surface area contributed by atoms with Crippen molar-refractivity contribution in [3.8, 4) is 11.5 Å². The Kier molecular flexibility index (Phi) is 4.78. The van der Waals surface area contributed by atoms with Crippen molar-refractivity contribution in [2.75, 3.05) is 20.8 Å². The van der Waals surface area contributed by atoms with Crippen molar-refractivity contribution in [3.05, 3.63) is 23.3 Å². The fourth-order valence-electron chi connectivity index (χ4n) is 3.20. The number of hydrogen-bond acceptors (Lipinski definition) is 5. The Balaban J connectivity index is 1.64. The summed E-state index contributed by atoms with van der Waals surface area (Å²) < 4.78 is 10.6. The van der Waals surface area contributed by atoms with E-state index >= 15 is 0 Å². The quantitative estimate of drug-likeness (QED) is 0.739. The lowest BCUT2D eigenvalue weighted by Gasteiger charge is -2.30. The minimum atomic E-state index is -0.787. The van der Waals surface area contributed by atoms with Gasteiger partial charge in [-0.3, -0.25) is 25.2 Å². The molecule has 8 heteroatoms. The highest BCUT2D eigenvalue weighted by Crippen LogP contribution is 2.33. The number of nitrogens with zero attached hydrogens (tertiary/aromatic N) is 1. The number of benzene rings is 1. The summed E-state index contributed by atoms with van der Waals surface area (Å²) in [4.78, 5) is 37.3. The summed E-state index contributed by atoms with van der Waals surface area (Å²) >= 11 is 0. The van der Waals surface area contributed by atoms with Gasteiger partial charge in [0, 0.05) is 19.5 Å². The SMILES string of the molecule is COc1cc2c(cc1OC)CN(C(=O)CCC1C(=O)NNC1=O)CC2. The van der Waals surface area contributed by atoms with Crippen LogP contribution in [0.1, 0.15) is 24.0 Å². The summed E-state index contributed by atoms with van der Waals surface area (Å²) in [5, 5.41) is 0. The van der Waals surface area contributed by atoms with E-state index in [1.54, 1.807) is 19.1 Å². The maximum atomic E-state index is 12.5. The molecule has 3 rings (SSSR count). The van der Waals surface area contributed by atoms with E-state index in [1.165, 1.54) is 0 Å². The van der Waals surface area contributed by atoms with Gasteiger partial charge >= 0.3 is 0 Å². The number of fused-ring (bicyclic) bond motifs is 1. The summed E-state index contributed by atoms with van der Waals surface area (Å²) in [6.07, 6.45) is 1.10. The van der Waals surface area contributed by atoms with E-state index in [2.05, 4.69) is 10.9 Å². The molecule has 0 aromatic heterocycles. The lowest BCUT2D eigenvalue weighted by molar-refractivity contribution is -0.133. The van der Waals surface area contributed by atoms with E-state index in [4.69, 9.17) is 9.47 Å². The lowest BCUT2D eigenvalue weighted by Crippen LogP contribution is -2.36. The maximum Gasteiger partial charge on any atom is 0.251 e. The number of rotatable bonds is 5. The third-order valence-electron chi connectivity index (χ3n) is 4.66. The molecule has 0 unspecified atom stereocenters. The van der Waals surface area contributed by atoms with Crippen molar-refractivity contribution in [2.24, 2.45) is 5.92 Å². The largest absolute Gasteiger partial charge is 0.493 e. The second-order valence-corrected chi connectivity index (χ2v) is 6.11. The molecule has 0 aliphatic carbocycles. The predicted molar refractivity (Wildman–Crippen MR) is 87.7 cm³/mol. The van der Waals surface area contributed by atoms with Gasteiger partial charge < -0.3 is 14.4 Å². The van der Waals surface area contributed by atoms with E-state index in [1.807, 2.05) is 12.1 Å². The topological polar surface area (TPSA) is 97.0 Å². The molecule has 1 saturated heterocycles. The minimum Gasteiger partial charge on any atom is -0.493 e. The molecule has 0 atom stereocenters. The highest BCUT2D eigenvalue weighted by atomic mass is 16.5. The van der Waals surface area contributed by atoms with Gasteiger partial charge in [-0.05, 0) is 36.1 Å². The van der Waals surface area contributed by atoms with Gasteiger partial charge in [-0.15, -0.1) is 0 Å². The van der Waals surface area contributed by atoms with Crippen LogP contribution in [0.15, 0.2) is 12.1 Å². The van der Waals surface area contributed by atoms with Crippen LogP contribution in [0.25, 0.3) is 0 Å². The first-order valence-corrected chi connectivity index (χ1v) is 8.14. The van der Waals surface area contributed by atoms with Crippen molar-refractivity contribution in [1.82, 2.24) is 15.8 Å². The van der Waals surface area contributed by atoms with Crippen LogP contribution in [-0.4, -0.2) is 43.4 Å². The average Bonchev–Trinajstić information content (AvgIpc) is 2.95. The van der Waals surface area contributed by atoms with E-state index in [0.717, 1.165) is 17.5 Å². The molecular formula is C17H21N3O5. The zero-order valence-corrected chi connectivity index (χ0v) is 14.3. The van der Waals surface area contributed by atoms with Crippen LogP contribution >= 0.6 is 0 Å². The second-order valence-electron chi connectivity index (χ2n) is 6.11. The minimum absolute atomic E-state index is 0.0621. The van der Waals surface area contributed by atoms with Gasteiger partial charge in [-0.1, -0.05) is 0 Å². The summed E-state index contributed by atoms with van der Waals surface area (Å²) in [6, 6.07) is 3.84. The monoisotopic (exact) mass is 347 g/mol. The van der Waals surface area contributed by atoms with Crippen LogP contribution < -0.4 is 20.3 Å². The normalized spacial score (nSPS) is 17.0.